The van der Waals surface area contributed by atoms with Gasteiger partial charge in [0.25, 0.3) is 0 Å². The van der Waals surface area contributed by atoms with E-state index in [2.05, 4.69) is 50.0 Å². The topological polar surface area (TPSA) is 17.8 Å². The van der Waals surface area contributed by atoms with E-state index < -0.39 is 0 Å². The molecule has 0 fully saturated rings. The third-order valence-electron chi connectivity index (χ3n) is 2.84. The normalized spacial score (nSPS) is 11.8. The summed E-state index contributed by atoms with van der Waals surface area (Å²) in [6.45, 7) is 6.69. The molecule has 2 aromatic rings. The number of imidazole rings is 1. The first-order valence-electron chi connectivity index (χ1n) is 5.56. The Labute approximate surface area is 97.0 Å². The molecular weight excluding hydrogens is 196 g/mol. The highest BCUT2D eigenvalue weighted by Crippen LogP contribution is 2.26. The zero-order chi connectivity index (χ0) is 11.8. The lowest BCUT2D eigenvalue weighted by atomic mass is 9.86. The van der Waals surface area contributed by atoms with E-state index in [1.807, 2.05) is 24.1 Å². The van der Waals surface area contributed by atoms with Crippen LogP contribution in [0.2, 0.25) is 0 Å². The zero-order valence-corrected chi connectivity index (χ0v) is 10.4. The summed E-state index contributed by atoms with van der Waals surface area (Å²) >= 11 is 0. The van der Waals surface area contributed by atoms with Crippen molar-refractivity contribution in [2.24, 2.45) is 7.05 Å². The van der Waals surface area contributed by atoms with E-state index in [-0.39, 0.29) is 5.41 Å². The molecule has 0 saturated heterocycles. The fourth-order valence-corrected chi connectivity index (χ4v) is 1.78. The second-order valence-corrected chi connectivity index (χ2v) is 5.22. The summed E-state index contributed by atoms with van der Waals surface area (Å²) in [6.07, 6.45) is 3.74. The van der Waals surface area contributed by atoms with Crippen molar-refractivity contribution in [3.05, 3.63) is 42.4 Å². The molecule has 0 radical (unpaired) electrons. The van der Waals surface area contributed by atoms with E-state index in [4.69, 9.17) is 0 Å². The fraction of sp³-hybridized carbons (Fsp3) is 0.357. The molecule has 0 atom stereocenters. The summed E-state index contributed by atoms with van der Waals surface area (Å²) in [7, 11) is 2.02. The van der Waals surface area contributed by atoms with E-state index in [0.29, 0.717) is 0 Å². The molecule has 1 heterocycles. The lowest BCUT2D eigenvalue weighted by Gasteiger charge is -2.19. The van der Waals surface area contributed by atoms with Crippen molar-refractivity contribution >= 4 is 0 Å². The molecule has 0 bridgehead atoms. The lowest BCUT2D eigenvalue weighted by molar-refractivity contribution is 0.590. The zero-order valence-electron chi connectivity index (χ0n) is 10.4. The molecule has 0 saturated carbocycles. The standard InChI is InChI=1S/C14H18N2/c1-14(2,3)12-7-5-6-11(8-12)13-9-15-10-16(13)4/h5-10H,1-4H3. The molecule has 0 aliphatic heterocycles. The number of hydrogen-bond donors (Lipinski definition) is 0. The predicted molar refractivity (Wildman–Crippen MR) is 67.3 cm³/mol. The van der Waals surface area contributed by atoms with Crippen molar-refractivity contribution in [3.63, 3.8) is 0 Å². The fourth-order valence-electron chi connectivity index (χ4n) is 1.78. The summed E-state index contributed by atoms with van der Waals surface area (Å²) in [5, 5.41) is 0. The number of hydrogen-bond acceptors (Lipinski definition) is 1. The van der Waals surface area contributed by atoms with Crippen LogP contribution >= 0.6 is 0 Å². The Morgan fingerprint density at radius 2 is 1.94 bits per heavy atom. The van der Waals surface area contributed by atoms with Crippen molar-refractivity contribution < 1.29 is 0 Å². The largest absolute Gasteiger partial charge is 0.334 e. The van der Waals surface area contributed by atoms with Gasteiger partial charge in [-0.25, -0.2) is 4.98 Å². The van der Waals surface area contributed by atoms with Crippen LogP contribution in [0.1, 0.15) is 26.3 Å². The van der Waals surface area contributed by atoms with E-state index >= 15 is 0 Å². The van der Waals surface area contributed by atoms with Gasteiger partial charge >= 0.3 is 0 Å². The van der Waals surface area contributed by atoms with Gasteiger partial charge in [0.2, 0.25) is 0 Å². The SMILES string of the molecule is Cn1cncc1-c1cccc(C(C)(C)C)c1. The Morgan fingerprint density at radius 3 is 2.50 bits per heavy atom. The van der Waals surface area contributed by atoms with Crippen molar-refractivity contribution in [1.82, 2.24) is 9.55 Å². The molecule has 0 amide bonds. The van der Waals surface area contributed by atoms with Crippen molar-refractivity contribution in [3.8, 4) is 11.3 Å². The van der Waals surface area contributed by atoms with Crippen LogP contribution in [-0.2, 0) is 12.5 Å². The van der Waals surface area contributed by atoms with Crippen molar-refractivity contribution in [1.29, 1.82) is 0 Å². The van der Waals surface area contributed by atoms with Gasteiger partial charge in [0.15, 0.2) is 0 Å². The highest BCUT2D eigenvalue weighted by Gasteiger charge is 2.14. The second kappa shape index (κ2) is 3.78. The Morgan fingerprint density at radius 1 is 1.19 bits per heavy atom. The molecule has 0 spiro atoms. The van der Waals surface area contributed by atoms with Crippen LogP contribution in [0.25, 0.3) is 11.3 Å². The van der Waals surface area contributed by atoms with Crippen LogP contribution in [0.4, 0.5) is 0 Å². The van der Waals surface area contributed by atoms with E-state index in [9.17, 15) is 0 Å². The molecule has 2 heteroatoms. The summed E-state index contributed by atoms with van der Waals surface area (Å²) in [4.78, 5) is 4.15. The van der Waals surface area contributed by atoms with Gasteiger partial charge in [-0.05, 0) is 17.0 Å². The molecule has 0 N–H and O–H groups in total. The summed E-state index contributed by atoms with van der Waals surface area (Å²) < 4.78 is 2.04. The smallest absolute Gasteiger partial charge is 0.0948 e. The molecule has 84 valence electrons. The van der Waals surface area contributed by atoms with Crippen molar-refractivity contribution in [2.75, 3.05) is 0 Å². The Hall–Kier alpha value is -1.57. The van der Waals surface area contributed by atoms with Crippen LogP contribution in [0, 0.1) is 0 Å². The van der Waals surface area contributed by atoms with Gasteiger partial charge in [0.1, 0.15) is 0 Å². The van der Waals surface area contributed by atoms with Gasteiger partial charge in [-0.15, -0.1) is 0 Å². The lowest BCUT2D eigenvalue weighted by Crippen LogP contribution is -2.10. The molecular formula is C14H18N2. The minimum absolute atomic E-state index is 0.189. The number of nitrogens with zero attached hydrogens (tertiary/aromatic N) is 2. The quantitative estimate of drug-likeness (QED) is 0.711. The first kappa shape index (κ1) is 10.9. The summed E-state index contributed by atoms with van der Waals surface area (Å²) in [6, 6.07) is 8.67. The molecule has 0 aliphatic carbocycles. The number of aromatic nitrogens is 2. The minimum Gasteiger partial charge on any atom is -0.334 e. The molecule has 0 unspecified atom stereocenters. The Kier molecular flexibility index (Phi) is 2.58. The summed E-state index contributed by atoms with van der Waals surface area (Å²) in [5.41, 5.74) is 3.93. The number of benzene rings is 1. The number of aryl methyl sites for hydroxylation is 1. The maximum Gasteiger partial charge on any atom is 0.0948 e. The minimum atomic E-state index is 0.189. The highest BCUT2D eigenvalue weighted by molar-refractivity contribution is 5.60. The monoisotopic (exact) mass is 214 g/mol. The van der Waals surface area contributed by atoms with Crippen LogP contribution < -0.4 is 0 Å². The third kappa shape index (κ3) is 2.01. The van der Waals surface area contributed by atoms with Gasteiger partial charge in [0.05, 0.1) is 18.2 Å². The molecule has 1 aromatic carbocycles. The molecule has 1 aromatic heterocycles. The second-order valence-electron chi connectivity index (χ2n) is 5.22. The average molecular weight is 214 g/mol. The number of rotatable bonds is 1. The van der Waals surface area contributed by atoms with Gasteiger partial charge in [-0.2, -0.15) is 0 Å². The van der Waals surface area contributed by atoms with Gasteiger partial charge in [-0.3, -0.25) is 0 Å². The van der Waals surface area contributed by atoms with Gasteiger partial charge in [0, 0.05) is 12.6 Å². The van der Waals surface area contributed by atoms with Gasteiger partial charge < -0.3 is 4.57 Å². The Balaban J connectivity index is 2.49. The predicted octanol–water partition coefficient (Wildman–Crippen LogP) is 3.38. The molecule has 2 nitrogen and oxygen atoms in total. The van der Waals surface area contributed by atoms with E-state index in [1.54, 1.807) is 0 Å². The average Bonchev–Trinajstić information content (AvgIpc) is 2.63. The van der Waals surface area contributed by atoms with Crippen LogP contribution in [0.5, 0.6) is 0 Å². The molecule has 2 rings (SSSR count). The third-order valence-corrected chi connectivity index (χ3v) is 2.84. The van der Waals surface area contributed by atoms with E-state index in [0.717, 1.165) is 5.69 Å². The Bertz CT molecular complexity index is 489. The van der Waals surface area contributed by atoms with Crippen LogP contribution in [0.3, 0.4) is 0 Å². The molecule has 16 heavy (non-hydrogen) atoms. The molecule has 0 aliphatic rings. The van der Waals surface area contributed by atoms with E-state index in [1.165, 1.54) is 11.1 Å². The maximum atomic E-state index is 4.15. The first-order chi connectivity index (χ1) is 7.48. The van der Waals surface area contributed by atoms with Crippen LogP contribution in [-0.4, -0.2) is 9.55 Å². The van der Waals surface area contributed by atoms with Gasteiger partial charge in [-0.1, -0.05) is 39.0 Å². The van der Waals surface area contributed by atoms with Crippen molar-refractivity contribution in [2.45, 2.75) is 26.2 Å². The first-order valence-corrected chi connectivity index (χ1v) is 5.56. The summed E-state index contributed by atoms with van der Waals surface area (Å²) in [5.74, 6) is 0. The maximum absolute atomic E-state index is 4.15. The highest BCUT2D eigenvalue weighted by atomic mass is 15.0. The van der Waals surface area contributed by atoms with Crippen LogP contribution in [0.15, 0.2) is 36.8 Å².